The molecular formula is C18H25N3O4S. The van der Waals surface area contributed by atoms with Gasteiger partial charge in [0.05, 0.1) is 12.7 Å². The van der Waals surface area contributed by atoms with E-state index in [0.717, 1.165) is 18.4 Å². The van der Waals surface area contributed by atoms with Gasteiger partial charge in [0, 0.05) is 30.7 Å². The monoisotopic (exact) mass is 379 g/mol. The summed E-state index contributed by atoms with van der Waals surface area (Å²) >= 11 is 0. The molecule has 2 atom stereocenters. The molecule has 2 amide bonds. The molecule has 26 heavy (non-hydrogen) atoms. The number of nitrogens with one attached hydrogen (secondary N) is 2. The van der Waals surface area contributed by atoms with Crippen LogP contribution < -0.4 is 10.6 Å². The Labute approximate surface area is 154 Å². The van der Waals surface area contributed by atoms with Gasteiger partial charge in [-0.3, -0.25) is 9.59 Å². The highest BCUT2D eigenvalue weighted by Crippen LogP contribution is 2.37. The fourth-order valence-electron chi connectivity index (χ4n) is 4.17. The number of carbonyl (C=O) groups is 2. The molecule has 2 fully saturated rings. The predicted octanol–water partition coefficient (Wildman–Crippen LogP) is 1.26. The Morgan fingerprint density at radius 2 is 1.69 bits per heavy atom. The second-order valence-electron chi connectivity index (χ2n) is 7.27. The van der Waals surface area contributed by atoms with E-state index in [2.05, 4.69) is 10.6 Å². The van der Waals surface area contributed by atoms with Crippen LogP contribution in [0.25, 0.3) is 0 Å². The summed E-state index contributed by atoms with van der Waals surface area (Å²) in [5, 5.41) is 5.75. The molecule has 1 aromatic carbocycles. The summed E-state index contributed by atoms with van der Waals surface area (Å²) in [5.74, 6) is -0.194. The van der Waals surface area contributed by atoms with Crippen molar-refractivity contribution in [3.8, 4) is 0 Å². The van der Waals surface area contributed by atoms with Crippen molar-refractivity contribution in [1.29, 1.82) is 0 Å². The lowest BCUT2D eigenvalue weighted by atomic mass is 9.99. The van der Waals surface area contributed by atoms with E-state index in [-0.39, 0.29) is 36.4 Å². The third-order valence-electron chi connectivity index (χ3n) is 5.05. The molecule has 0 radical (unpaired) electrons. The minimum absolute atomic E-state index is 0.00555. The van der Waals surface area contributed by atoms with Crippen LogP contribution in [0.4, 0.5) is 5.69 Å². The number of hydrogen-bond donors (Lipinski definition) is 2. The molecule has 0 aliphatic carbocycles. The normalized spacial score (nSPS) is 25.7. The number of benzene rings is 1. The minimum atomic E-state index is -3.18. The first-order chi connectivity index (χ1) is 12.2. The Morgan fingerprint density at radius 3 is 2.19 bits per heavy atom. The molecule has 2 bridgehead atoms. The average Bonchev–Trinajstić information content (AvgIpc) is 2.81. The zero-order chi connectivity index (χ0) is 18.9. The second kappa shape index (κ2) is 7.36. The summed E-state index contributed by atoms with van der Waals surface area (Å²) in [6, 6.07) is 7.22. The molecule has 0 aromatic heterocycles. The maximum atomic E-state index is 12.3. The smallest absolute Gasteiger partial charge is 0.224 e. The Hall–Kier alpha value is -1.93. The van der Waals surface area contributed by atoms with Crippen molar-refractivity contribution < 1.29 is 18.0 Å². The standard InChI is InChI=1S/C18H25N3O4S/c1-12(22)19-14-5-3-13(4-6-14)9-18(23)20-15-10-16-7-8-17(11-15)21(16)26(2,24)25/h3-6,15-17H,7-11H2,1-2H3,(H,19,22)(H,20,23). The van der Waals surface area contributed by atoms with E-state index >= 15 is 0 Å². The first-order valence-electron chi connectivity index (χ1n) is 8.87. The molecule has 0 saturated carbocycles. The third kappa shape index (κ3) is 4.42. The summed E-state index contributed by atoms with van der Waals surface area (Å²) in [7, 11) is -3.18. The number of anilines is 1. The molecule has 2 heterocycles. The SMILES string of the molecule is CC(=O)Nc1ccc(CC(=O)NC2CC3CCC(C2)N3S(C)(=O)=O)cc1. The van der Waals surface area contributed by atoms with Crippen LogP contribution in [-0.4, -0.2) is 48.9 Å². The van der Waals surface area contributed by atoms with Gasteiger partial charge in [0.2, 0.25) is 21.8 Å². The molecule has 2 aliphatic rings. The van der Waals surface area contributed by atoms with Gasteiger partial charge >= 0.3 is 0 Å². The molecule has 3 rings (SSSR count). The van der Waals surface area contributed by atoms with E-state index in [0.29, 0.717) is 18.5 Å². The van der Waals surface area contributed by atoms with Gasteiger partial charge in [-0.25, -0.2) is 8.42 Å². The van der Waals surface area contributed by atoms with Gasteiger partial charge in [-0.2, -0.15) is 4.31 Å². The topological polar surface area (TPSA) is 95.6 Å². The molecule has 7 nitrogen and oxygen atoms in total. The van der Waals surface area contributed by atoms with E-state index in [9.17, 15) is 18.0 Å². The molecule has 0 spiro atoms. The summed E-state index contributed by atoms with van der Waals surface area (Å²) in [5.41, 5.74) is 1.57. The number of fused-ring (bicyclic) bond motifs is 2. The van der Waals surface area contributed by atoms with Crippen molar-refractivity contribution in [3.05, 3.63) is 29.8 Å². The number of carbonyl (C=O) groups excluding carboxylic acids is 2. The van der Waals surface area contributed by atoms with E-state index in [1.54, 1.807) is 16.4 Å². The van der Waals surface area contributed by atoms with E-state index in [4.69, 9.17) is 0 Å². The number of piperidine rings is 1. The van der Waals surface area contributed by atoms with Crippen LogP contribution >= 0.6 is 0 Å². The van der Waals surface area contributed by atoms with Crippen LogP contribution in [0.1, 0.15) is 38.2 Å². The molecule has 2 unspecified atom stereocenters. The minimum Gasteiger partial charge on any atom is -0.353 e. The lowest BCUT2D eigenvalue weighted by Crippen LogP contribution is -2.52. The van der Waals surface area contributed by atoms with Gasteiger partial charge < -0.3 is 10.6 Å². The zero-order valence-electron chi connectivity index (χ0n) is 15.1. The van der Waals surface area contributed by atoms with Gasteiger partial charge in [0.25, 0.3) is 0 Å². The van der Waals surface area contributed by atoms with Crippen molar-refractivity contribution in [3.63, 3.8) is 0 Å². The highest BCUT2D eigenvalue weighted by Gasteiger charge is 2.45. The molecule has 2 saturated heterocycles. The van der Waals surface area contributed by atoms with Crippen molar-refractivity contribution in [2.24, 2.45) is 0 Å². The average molecular weight is 379 g/mol. The molecule has 1 aromatic rings. The number of amides is 2. The fourth-order valence-corrected chi connectivity index (χ4v) is 5.63. The van der Waals surface area contributed by atoms with Crippen LogP contribution in [0.5, 0.6) is 0 Å². The van der Waals surface area contributed by atoms with Crippen LogP contribution in [0.15, 0.2) is 24.3 Å². The van der Waals surface area contributed by atoms with Gasteiger partial charge in [-0.1, -0.05) is 12.1 Å². The second-order valence-corrected chi connectivity index (χ2v) is 9.16. The van der Waals surface area contributed by atoms with Crippen molar-refractivity contribution in [2.75, 3.05) is 11.6 Å². The Balaban J connectivity index is 1.54. The number of nitrogens with zero attached hydrogens (tertiary/aromatic N) is 1. The molecule has 2 aliphatic heterocycles. The largest absolute Gasteiger partial charge is 0.353 e. The van der Waals surface area contributed by atoms with Gasteiger partial charge in [0.1, 0.15) is 0 Å². The fraction of sp³-hybridized carbons (Fsp3) is 0.556. The Kier molecular flexibility index (Phi) is 5.34. The molecule has 142 valence electrons. The van der Waals surface area contributed by atoms with Crippen molar-refractivity contribution in [2.45, 2.75) is 57.2 Å². The van der Waals surface area contributed by atoms with Crippen LogP contribution in [0, 0.1) is 0 Å². The molecule has 8 heteroatoms. The zero-order valence-corrected chi connectivity index (χ0v) is 15.9. The Morgan fingerprint density at radius 1 is 1.12 bits per heavy atom. The maximum absolute atomic E-state index is 12.3. The first kappa shape index (κ1) is 18.8. The quantitative estimate of drug-likeness (QED) is 0.805. The summed E-state index contributed by atoms with van der Waals surface area (Å²) in [4.78, 5) is 23.4. The number of hydrogen-bond acceptors (Lipinski definition) is 4. The van der Waals surface area contributed by atoms with E-state index in [1.807, 2.05) is 12.1 Å². The van der Waals surface area contributed by atoms with Crippen molar-refractivity contribution >= 4 is 27.5 Å². The summed E-state index contributed by atoms with van der Waals surface area (Å²) in [6.07, 6.45) is 4.63. The highest BCUT2D eigenvalue weighted by atomic mass is 32.2. The summed E-state index contributed by atoms with van der Waals surface area (Å²) in [6.45, 7) is 1.45. The lowest BCUT2D eigenvalue weighted by molar-refractivity contribution is -0.121. The number of sulfonamides is 1. The Bertz CT molecular complexity index is 777. The van der Waals surface area contributed by atoms with Crippen LogP contribution in [0.3, 0.4) is 0 Å². The lowest BCUT2D eigenvalue weighted by Gasteiger charge is -2.37. The number of rotatable bonds is 5. The third-order valence-corrected chi connectivity index (χ3v) is 6.42. The van der Waals surface area contributed by atoms with Gasteiger partial charge in [0.15, 0.2) is 0 Å². The van der Waals surface area contributed by atoms with Crippen molar-refractivity contribution in [1.82, 2.24) is 9.62 Å². The van der Waals surface area contributed by atoms with Crippen LogP contribution in [0.2, 0.25) is 0 Å². The van der Waals surface area contributed by atoms with E-state index < -0.39 is 10.0 Å². The predicted molar refractivity (Wildman–Crippen MR) is 99.1 cm³/mol. The highest BCUT2D eigenvalue weighted by molar-refractivity contribution is 7.88. The van der Waals surface area contributed by atoms with Gasteiger partial charge in [-0.05, 0) is 43.4 Å². The maximum Gasteiger partial charge on any atom is 0.224 e. The summed E-state index contributed by atoms with van der Waals surface area (Å²) < 4.78 is 25.5. The van der Waals surface area contributed by atoms with Gasteiger partial charge in [-0.15, -0.1) is 0 Å². The van der Waals surface area contributed by atoms with E-state index in [1.165, 1.54) is 13.2 Å². The first-order valence-corrected chi connectivity index (χ1v) is 10.7. The molecular weight excluding hydrogens is 354 g/mol. The van der Waals surface area contributed by atoms with Crippen LogP contribution in [-0.2, 0) is 26.0 Å². The molecule has 2 N–H and O–H groups in total.